The number of ether oxygens (including phenoxy) is 2. The molecule has 0 unspecified atom stereocenters. The van der Waals surface area contributed by atoms with E-state index in [-0.39, 0.29) is 5.97 Å². The van der Waals surface area contributed by atoms with Crippen LogP contribution in [-0.2, 0) is 11.2 Å². The van der Waals surface area contributed by atoms with Gasteiger partial charge >= 0.3 is 5.97 Å². The van der Waals surface area contributed by atoms with Crippen molar-refractivity contribution in [2.24, 2.45) is 0 Å². The molecule has 0 bridgehead atoms. The number of rotatable bonds is 4. The van der Waals surface area contributed by atoms with Crippen molar-refractivity contribution >= 4 is 5.97 Å². The summed E-state index contributed by atoms with van der Waals surface area (Å²) in [6.07, 6.45) is 2.05. The topological polar surface area (TPSA) is 35.5 Å². The van der Waals surface area contributed by atoms with Gasteiger partial charge in [-0.25, -0.2) is 4.79 Å². The van der Waals surface area contributed by atoms with Crippen molar-refractivity contribution in [1.29, 1.82) is 0 Å². The normalized spacial score (nSPS) is 9.80. The Labute approximate surface area is 90.0 Å². The highest BCUT2D eigenvalue weighted by atomic mass is 16.5. The summed E-state index contributed by atoms with van der Waals surface area (Å²) in [6.45, 7) is 2.11. The quantitative estimate of drug-likeness (QED) is 0.713. The standard InChI is InChI=1S/C12H16O3/c1-4-5-9-6-7-10(12(13)15-3)11(8-9)14-2/h6-8H,4-5H2,1-3H3. The number of methoxy groups -OCH3 is 2. The van der Waals surface area contributed by atoms with Crippen molar-refractivity contribution in [3.8, 4) is 5.75 Å². The molecule has 0 spiro atoms. The van der Waals surface area contributed by atoms with Gasteiger partial charge in [0.05, 0.1) is 14.2 Å². The van der Waals surface area contributed by atoms with Gasteiger partial charge in [0.15, 0.2) is 0 Å². The van der Waals surface area contributed by atoms with Crippen LogP contribution >= 0.6 is 0 Å². The molecule has 0 aliphatic carbocycles. The van der Waals surface area contributed by atoms with Crippen LogP contribution in [0.4, 0.5) is 0 Å². The number of carbonyl (C=O) groups excluding carboxylic acids is 1. The molecule has 0 heterocycles. The Kier molecular flexibility index (Phi) is 4.16. The molecule has 0 aromatic heterocycles. The predicted molar refractivity (Wildman–Crippen MR) is 58.3 cm³/mol. The Morgan fingerprint density at radius 1 is 1.33 bits per heavy atom. The molecule has 0 N–H and O–H groups in total. The van der Waals surface area contributed by atoms with Gasteiger partial charge in [-0.1, -0.05) is 19.4 Å². The number of hydrogen-bond acceptors (Lipinski definition) is 3. The second kappa shape index (κ2) is 5.39. The predicted octanol–water partition coefficient (Wildman–Crippen LogP) is 2.43. The van der Waals surface area contributed by atoms with Gasteiger partial charge < -0.3 is 9.47 Å². The number of carbonyl (C=O) groups is 1. The number of benzene rings is 1. The number of esters is 1. The summed E-state index contributed by atoms with van der Waals surface area (Å²) in [6, 6.07) is 5.56. The molecule has 82 valence electrons. The average Bonchev–Trinajstić information content (AvgIpc) is 2.28. The lowest BCUT2D eigenvalue weighted by Gasteiger charge is -2.08. The zero-order valence-electron chi connectivity index (χ0n) is 9.37. The van der Waals surface area contributed by atoms with E-state index in [0.29, 0.717) is 11.3 Å². The van der Waals surface area contributed by atoms with Crippen molar-refractivity contribution in [3.63, 3.8) is 0 Å². The van der Waals surface area contributed by atoms with E-state index in [9.17, 15) is 4.79 Å². The van der Waals surface area contributed by atoms with Crippen LogP contribution in [0.2, 0.25) is 0 Å². The minimum absolute atomic E-state index is 0.366. The molecular formula is C12H16O3. The van der Waals surface area contributed by atoms with Gasteiger partial charge in [-0.15, -0.1) is 0 Å². The van der Waals surface area contributed by atoms with Gasteiger partial charge in [0, 0.05) is 0 Å². The third-order valence-corrected chi connectivity index (χ3v) is 2.21. The Morgan fingerprint density at radius 2 is 2.07 bits per heavy atom. The van der Waals surface area contributed by atoms with Gasteiger partial charge in [0.2, 0.25) is 0 Å². The Balaban J connectivity index is 3.03. The smallest absolute Gasteiger partial charge is 0.341 e. The monoisotopic (exact) mass is 208 g/mol. The van der Waals surface area contributed by atoms with Crippen LogP contribution in [0.25, 0.3) is 0 Å². The lowest BCUT2D eigenvalue weighted by atomic mass is 10.1. The molecule has 3 heteroatoms. The van der Waals surface area contributed by atoms with Gasteiger partial charge in [-0.3, -0.25) is 0 Å². The number of hydrogen-bond donors (Lipinski definition) is 0. The second-order valence-corrected chi connectivity index (χ2v) is 3.28. The van der Waals surface area contributed by atoms with Crippen molar-refractivity contribution in [2.75, 3.05) is 14.2 Å². The molecule has 0 atom stereocenters. The van der Waals surface area contributed by atoms with Gasteiger partial charge in [-0.2, -0.15) is 0 Å². The largest absolute Gasteiger partial charge is 0.496 e. The van der Waals surface area contributed by atoms with E-state index in [2.05, 4.69) is 11.7 Å². The van der Waals surface area contributed by atoms with E-state index in [4.69, 9.17) is 4.74 Å². The van der Waals surface area contributed by atoms with Gasteiger partial charge in [-0.05, 0) is 24.1 Å². The maximum Gasteiger partial charge on any atom is 0.341 e. The van der Waals surface area contributed by atoms with E-state index < -0.39 is 0 Å². The summed E-state index contributed by atoms with van der Waals surface area (Å²) in [5.74, 6) is 0.211. The fourth-order valence-corrected chi connectivity index (χ4v) is 1.46. The van der Waals surface area contributed by atoms with E-state index in [1.807, 2.05) is 12.1 Å². The van der Waals surface area contributed by atoms with Crippen LogP contribution in [0.15, 0.2) is 18.2 Å². The molecule has 0 radical (unpaired) electrons. The summed E-state index contributed by atoms with van der Waals surface area (Å²) < 4.78 is 9.81. The maximum absolute atomic E-state index is 11.4. The van der Waals surface area contributed by atoms with Crippen LogP contribution in [0.3, 0.4) is 0 Å². The summed E-state index contributed by atoms with van der Waals surface area (Å²) >= 11 is 0. The van der Waals surface area contributed by atoms with Crippen molar-refractivity contribution in [1.82, 2.24) is 0 Å². The van der Waals surface area contributed by atoms with E-state index in [1.165, 1.54) is 12.7 Å². The molecule has 0 aliphatic heterocycles. The first-order valence-electron chi connectivity index (χ1n) is 4.98. The molecule has 0 fully saturated rings. The van der Waals surface area contributed by atoms with Crippen molar-refractivity contribution < 1.29 is 14.3 Å². The van der Waals surface area contributed by atoms with Crippen LogP contribution in [0.1, 0.15) is 29.3 Å². The molecule has 1 rings (SSSR count). The summed E-state index contributed by atoms with van der Waals surface area (Å²) in [4.78, 5) is 11.4. The Morgan fingerprint density at radius 3 is 2.60 bits per heavy atom. The first-order valence-corrected chi connectivity index (χ1v) is 4.98. The van der Waals surface area contributed by atoms with E-state index in [0.717, 1.165) is 12.8 Å². The first-order chi connectivity index (χ1) is 7.22. The summed E-state index contributed by atoms with van der Waals surface area (Å²) in [7, 11) is 2.92. The molecule has 15 heavy (non-hydrogen) atoms. The van der Waals surface area contributed by atoms with Crippen LogP contribution in [-0.4, -0.2) is 20.2 Å². The fourth-order valence-electron chi connectivity index (χ4n) is 1.46. The Hall–Kier alpha value is -1.51. The zero-order valence-corrected chi connectivity index (χ0v) is 9.37. The highest BCUT2D eigenvalue weighted by Gasteiger charge is 2.12. The lowest BCUT2D eigenvalue weighted by molar-refractivity contribution is 0.0597. The maximum atomic E-state index is 11.4. The van der Waals surface area contributed by atoms with Crippen molar-refractivity contribution in [2.45, 2.75) is 19.8 Å². The van der Waals surface area contributed by atoms with Crippen LogP contribution < -0.4 is 4.74 Å². The third kappa shape index (κ3) is 2.72. The minimum atomic E-state index is -0.366. The highest BCUT2D eigenvalue weighted by molar-refractivity contribution is 5.92. The van der Waals surface area contributed by atoms with Crippen LogP contribution in [0.5, 0.6) is 5.75 Å². The lowest BCUT2D eigenvalue weighted by Crippen LogP contribution is -2.04. The minimum Gasteiger partial charge on any atom is -0.496 e. The number of aryl methyl sites for hydroxylation is 1. The third-order valence-electron chi connectivity index (χ3n) is 2.21. The average molecular weight is 208 g/mol. The molecule has 1 aromatic carbocycles. The molecule has 0 aliphatic rings. The van der Waals surface area contributed by atoms with Gasteiger partial charge in [0.1, 0.15) is 11.3 Å². The molecular weight excluding hydrogens is 192 g/mol. The van der Waals surface area contributed by atoms with E-state index in [1.54, 1.807) is 13.2 Å². The second-order valence-electron chi connectivity index (χ2n) is 3.28. The summed E-state index contributed by atoms with van der Waals surface area (Å²) in [5.41, 5.74) is 1.64. The SMILES string of the molecule is CCCc1ccc(C(=O)OC)c(OC)c1. The van der Waals surface area contributed by atoms with E-state index >= 15 is 0 Å². The van der Waals surface area contributed by atoms with Gasteiger partial charge in [0.25, 0.3) is 0 Å². The Bertz CT molecular complexity index is 345. The first kappa shape index (κ1) is 11.6. The molecule has 0 saturated carbocycles. The molecule has 0 saturated heterocycles. The molecule has 1 aromatic rings. The molecule has 0 amide bonds. The molecule has 3 nitrogen and oxygen atoms in total. The summed E-state index contributed by atoms with van der Waals surface area (Å²) in [5, 5.41) is 0. The fraction of sp³-hybridized carbons (Fsp3) is 0.417. The highest BCUT2D eigenvalue weighted by Crippen LogP contribution is 2.21. The van der Waals surface area contributed by atoms with Crippen LogP contribution in [0, 0.1) is 0 Å². The zero-order chi connectivity index (χ0) is 11.3. The van der Waals surface area contributed by atoms with Crippen molar-refractivity contribution in [3.05, 3.63) is 29.3 Å².